The van der Waals surface area contributed by atoms with Gasteiger partial charge in [0.05, 0.1) is 0 Å². The molecule has 1 aromatic rings. The lowest BCUT2D eigenvalue weighted by molar-refractivity contribution is 0.176. The summed E-state index contributed by atoms with van der Waals surface area (Å²) >= 11 is 0. The molecule has 0 bridgehead atoms. The summed E-state index contributed by atoms with van der Waals surface area (Å²) in [5.74, 6) is 0.474. The molecule has 76 valence electrons. The third kappa shape index (κ3) is 2.14. The Kier molecular flexibility index (Phi) is 3.17. The van der Waals surface area contributed by atoms with Gasteiger partial charge in [-0.15, -0.1) is 0 Å². The fourth-order valence-corrected chi connectivity index (χ4v) is 2.10. The molecule has 0 saturated carbocycles. The number of piperidine rings is 1. The third-order valence-corrected chi connectivity index (χ3v) is 2.97. The number of hydrogen-bond acceptors (Lipinski definition) is 2. The number of benzene rings is 1. The van der Waals surface area contributed by atoms with Crippen molar-refractivity contribution in [2.45, 2.75) is 18.9 Å². The summed E-state index contributed by atoms with van der Waals surface area (Å²) in [5.41, 5.74) is 1.34. The third-order valence-electron chi connectivity index (χ3n) is 2.97. The van der Waals surface area contributed by atoms with E-state index >= 15 is 0 Å². The van der Waals surface area contributed by atoms with E-state index in [1.165, 1.54) is 5.56 Å². The van der Waals surface area contributed by atoms with Gasteiger partial charge in [-0.05, 0) is 30.9 Å². The highest BCUT2D eigenvalue weighted by atomic mass is 16.3. The second kappa shape index (κ2) is 4.58. The predicted octanol–water partition coefficient (Wildman–Crippen LogP) is 1.72. The van der Waals surface area contributed by atoms with Crippen LogP contribution in [0.2, 0.25) is 0 Å². The van der Waals surface area contributed by atoms with E-state index in [-0.39, 0.29) is 0 Å². The minimum absolute atomic E-state index is 0.324. The van der Waals surface area contributed by atoms with Crippen LogP contribution in [0.1, 0.15) is 24.4 Å². The summed E-state index contributed by atoms with van der Waals surface area (Å²) in [5, 5.41) is 12.6. The van der Waals surface area contributed by atoms with Crippen molar-refractivity contribution in [2.75, 3.05) is 13.2 Å². The van der Waals surface area contributed by atoms with Crippen LogP contribution in [-0.4, -0.2) is 18.3 Å². The van der Waals surface area contributed by atoms with E-state index in [4.69, 9.17) is 5.11 Å². The highest BCUT2D eigenvalue weighted by Crippen LogP contribution is 2.26. The van der Waals surface area contributed by atoms with Crippen LogP contribution in [0.3, 0.4) is 0 Å². The van der Waals surface area contributed by atoms with E-state index in [0.717, 1.165) is 19.4 Å². The van der Waals surface area contributed by atoms with E-state index in [1.54, 1.807) is 0 Å². The fourth-order valence-electron chi connectivity index (χ4n) is 2.10. The van der Waals surface area contributed by atoms with Crippen LogP contribution in [0.4, 0.5) is 0 Å². The Labute approximate surface area is 85.0 Å². The maximum Gasteiger partial charge on any atom is 0.0460 e. The number of aliphatic hydroxyl groups excluding tert-OH is 1. The van der Waals surface area contributed by atoms with Gasteiger partial charge >= 0.3 is 0 Å². The number of hydrogen-bond donors (Lipinski definition) is 2. The van der Waals surface area contributed by atoms with E-state index in [2.05, 4.69) is 29.6 Å². The molecular formula is C12H17NO. The number of aliphatic hydroxyl groups is 1. The van der Waals surface area contributed by atoms with Crippen molar-refractivity contribution in [1.82, 2.24) is 5.32 Å². The highest BCUT2D eigenvalue weighted by molar-refractivity contribution is 5.19. The quantitative estimate of drug-likeness (QED) is 0.746. The average Bonchev–Trinajstić information content (AvgIpc) is 2.30. The smallest absolute Gasteiger partial charge is 0.0460 e. The number of rotatable bonds is 2. The zero-order chi connectivity index (χ0) is 9.80. The largest absolute Gasteiger partial charge is 0.396 e. The van der Waals surface area contributed by atoms with Gasteiger partial charge in [-0.3, -0.25) is 0 Å². The van der Waals surface area contributed by atoms with Gasteiger partial charge in [0, 0.05) is 12.6 Å². The van der Waals surface area contributed by atoms with E-state index < -0.39 is 0 Å². The highest BCUT2D eigenvalue weighted by Gasteiger charge is 2.21. The monoisotopic (exact) mass is 191 g/mol. The molecule has 1 fully saturated rings. The molecule has 2 heteroatoms. The molecule has 0 unspecified atom stereocenters. The first-order valence-corrected chi connectivity index (χ1v) is 5.29. The maximum absolute atomic E-state index is 9.13. The topological polar surface area (TPSA) is 32.3 Å². The molecule has 0 spiro atoms. The van der Waals surface area contributed by atoms with Gasteiger partial charge in [-0.25, -0.2) is 0 Å². The first-order valence-electron chi connectivity index (χ1n) is 5.29. The molecule has 14 heavy (non-hydrogen) atoms. The van der Waals surface area contributed by atoms with Gasteiger partial charge in [0.1, 0.15) is 0 Å². The van der Waals surface area contributed by atoms with E-state index in [9.17, 15) is 0 Å². The van der Waals surface area contributed by atoms with Crippen molar-refractivity contribution in [2.24, 2.45) is 5.92 Å². The standard InChI is InChI=1S/C12H17NO/c14-9-10-6-7-13-12(8-10)11-4-2-1-3-5-11/h1-5,10,12-14H,6-9H2/t10-,12+/m1/s1. The van der Waals surface area contributed by atoms with Gasteiger partial charge in [-0.1, -0.05) is 30.3 Å². The van der Waals surface area contributed by atoms with Crippen molar-refractivity contribution >= 4 is 0 Å². The minimum atomic E-state index is 0.324. The zero-order valence-corrected chi connectivity index (χ0v) is 8.32. The van der Waals surface area contributed by atoms with Crippen molar-refractivity contribution in [1.29, 1.82) is 0 Å². The van der Waals surface area contributed by atoms with Gasteiger partial charge in [0.2, 0.25) is 0 Å². The molecule has 0 aliphatic carbocycles. The molecule has 1 saturated heterocycles. The Bertz CT molecular complexity index is 273. The van der Waals surface area contributed by atoms with Crippen LogP contribution >= 0.6 is 0 Å². The molecule has 1 aliphatic heterocycles. The summed E-state index contributed by atoms with van der Waals surface area (Å²) < 4.78 is 0. The van der Waals surface area contributed by atoms with Gasteiger partial charge in [0.25, 0.3) is 0 Å². The van der Waals surface area contributed by atoms with Crippen LogP contribution in [-0.2, 0) is 0 Å². The second-order valence-electron chi connectivity index (χ2n) is 3.99. The van der Waals surface area contributed by atoms with Gasteiger partial charge < -0.3 is 10.4 Å². The Morgan fingerprint density at radius 3 is 2.79 bits per heavy atom. The van der Waals surface area contributed by atoms with E-state index in [1.807, 2.05) is 6.07 Å². The summed E-state index contributed by atoms with van der Waals surface area (Å²) in [6.07, 6.45) is 2.15. The lowest BCUT2D eigenvalue weighted by Gasteiger charge is -2.29. The lowest BCUT2D eigenvalue weighted by atomic mass is 9.89. The minimum Gasteiger partial charge on any atom is -0.396 e. The van der Waals surface area contributed by atoms with Crippen molar-refractivity contribution in [3.05, 3.63) is 35.9 Å². The Hall–Kier alpha value is -0.860. The molecule has 0 aromatic heterocycles. The molecule has 2 nitrogen and oxygen atoms in total. The van der Waals surface area contributed by atoms with Gasteiger partial charge in [0.15, 0.2) is 0 Å². The fraction of sp³-hybridized carbons (Fsp3) is 0.500. The molecule has 2 rings (SSSR count). The van der Waals surface area contributed by atoms with Crippen molar-refractivity contribution in [3.63, 3.8) is 0 Å². The Morgan fingerprint density at radius 2 is 2.07 bits per heavy atom. The first-order chi connectivity index (χ1) is 6.90. The lowest BCUT2D eigenvalue weighted by Crippen LogP contribution is -2.32. The average molecular weight is 191 g/mol. The Balaban J connectivity index is 2.04. The first kappa shape index (κ1) is 9.69. The molecular weight excluding hydrogens is 174 g/mol. The molecule has 0 radical (unpaired) electrons. The number of nitrogens with one attached hydrogen (secondary N) is 1. The van der Waals surface area contributed by atoms with E-state index in [0.29, 0.717) is 18.6 Å². The molecule has 1 aliphatic rings. The van der Waals surface area contributed by atoms with Crippen LogP contribution < -0.4 is 5.32 Å². The summed E-state index contributed by atoms with van der Waals surface area (Å²) in [6.45, 7) is 1.34. The van der Waals surface area contributed by atoms with Crippen LogP contribution in [0.5, 0.6) is 0 Å². The second-order valence-corrected chi connectivity index (χ2v) is 3.99. The summed E-state index contributed by atoms with van der Waals surface area (Å²) in [7, 11) is 0. The molecule has 0 amide bonds. The zero-order valence-electron chi connectivity index (χ0n) is 8.32. The normalized spacial score (nSPS) is 27.5. The van der Waals surface area contributed by atoms with Crippen LogP contribution in [0, 0.1) is 5.92 Å². The Morgan fingerprint density at radius 1 is 1.29 bits per heavy atom. The SMILES string of the molecule is OC[C@@H]1CCN[C@H](c2ccccc2)C1. The van der Waals surface area contributed by atoms with Crippen LogP contribution in [0.25, 0.3) is 0 Å². The molecule has 2 N–H and O–H groups in total. The van der Waals surface area contributed by atoms with Gasteiger partial charge in [-0.2, -0.15) is 0 Å². The molecule has 2 atom stereocenters. The van der Waals surface area contributed by atoms with Crippen molar-refractivity contribution < 1.29 is 5.11 Å². The van der Waals surface area contributed by atoms with Crippen molar-refractivity contribution in [3.8, 4) is 0 Å². The summed E-state index contributed by atoms with van der Waals surface area (Å²) in [6, 6.07) is 10.9. The molecule has 1 aromatic carbocycles. The summed E-state index contributed by atoms with van der Waals surface area (Å²) in [4.78, 5) is 0. The molecule has 1 heterocycles. The van der Waals surface area contributed by atoms with Crippen LogP contribution in [0.15, 0.2) is 30.3 Å². The predicted molar refractivity (Wildman–Crippen MR) is 57.0 cm³/mol. The maximum atomic E-state index is 9.13.